The van der Waals surface area contributed by atoms with Crippen LogP contribution in [-0.2, 0) is 14.3 Å². The lowest BCUT2D eigenvalue weighted by atomic mass is 9.60. The Morgan fingerprint density at radius 2 is 1.82 bits per heavy atom. The van der Waals surface area contributed by atoms with Gasteiger partial charge in [-0.15, -0.1) is 11.3 Å². The van der Waals surface area contributed by atoms with Crippen molar-refractivity contribution >= 4 is 29.1 Å². The van der Waals surface area contributed by atoms with Crippen LogP contribution in [0, 0.1) is 17.8 Å². The second-order valence-corrected chi connectivity index (χ2v) is 13.4. The zero-order valence-corrected chi connectivity index (χ0v) is 24.2. The van der Waals surface area contributed by atoms with E-state index in [9.17, 15) is 14.4 Å². The molecule has 1 aliphatic heterocycles. The molecule has 1 saturated carbocycles. The molecular weight excluding hydrogens is 500 g/mol. The first kappa shape index (κ1) is 28.1. The van der Waals surface area contributed by atoms with Crippen molar-refractivity contribution < 1.29 is 23.9 Å². The Kier molecular flexibility index (Phi) is 7.94. The Morgan fingerprint density at radius 3 is 2.45 bits per heavy atom. The third-order valence-corrected chi connectivity index (χ3v) is 9.18. The lowest BCUT2D eigenvalue weighted by molar-refractivity contribution is -0.138. The van der Waals surface area contributed by atoms with Gasteiger partial charge in [0.2, 0.25) is 5.91 Å². The number of thiophene rings is 1. The van der Waals surface area contributed by atoms with Crippen LogP contribution in [0.5, 0.6) is 5.75 Å². The Balaban J connectivity index is 1.62. The highest BCUT2D eigenvalue weighted by atomic mass is 32.1. The van der Waals surface area contributed by atoms with Crippen LogP contribution >= 0.6 is 11.3 Å². The molecule has 2 fully saturated rings. The van der Waals surface area contributed by atoms with Gasteiger partial charge in [0.1, 0.15) is 11.8 Å². The van der Waals surface area contributed by atoms with Gasteiger partial charge in [-0.3, -0.25) is 9.59 Å². The summed E-state index contributed by atoms with van der Waals surface area (Å²) in [5.74, 6) is -0.523. The van der Waals surface area contributed by atoms with E-state index in [2.05, 4.69) is 52.0 Å². The summed E-state index contributed by atoms with van der Waals surface area (Å²) in [4.78, 5) is 40.0. The lowest BCUT2D eigenvalue weighted by Gasteiger charge is -2.45. The highest BCUT2D eigenvalue weighted by Gasteiger charge is 2.39. The van der Waals surface area contributed by atoms with E-state index >= 15 is 0 Å². The molecule has 2 aromatic rings. The Hall–Kier alpha value is -2.87. The number of ether oxygens (including phenoxy) is 2. The molecule has 1 unspecified atom stereocenters. The molecule has 1 aromatic heterocycles. The number of primary amides is 1. The van der Waals surface area contributed by atoms with E-state index in [1.807, 2.05) is 6.92 Å². The third-order valence-electron chi connectivity index (χ3n) is 7.88. The van der Waals surface area contributed by atoms with Crippen LogP contribution in [-0.4, -0.2) is 49.0 Å². The molecule has 2 N–H and O–H groups in total. The number of methoxy groups -OCH3 is 1. The Labute approximate surface area is 229 Å². The Bertz CT molecular complexity index is 1220. The van der Waals surface area contributed by atoms with Gasteiger partial charge in [0.25, 0.3) is 5.91 Å². The summed E-state index contributed by atoms with van der Waals surface area (Å²) in [6.07, 6.45) is 4.76. The number of amides is 2. The van der Waals surface area contributed by atoms with Crippen LogP contribution < -0.4 is 10.5 Å². The number of likely N-dealkylation sites (tertiary alicyclic amines) is 1. The van der Waals surface area contributed by atoms with E-state index in [0.29, 0.717) is 29.5 Å². The summed E-state index contributed by atoms with van der Waals surface area (Å²) in [7, 11) is 1.33. The van der Waals surface area contributed by atoms with Crippen molar-refractivity contribution in [2.24, 2.45) is 16.6 Å². The molecule has 2 amide bonds. The van der Waals surface area contributed by atoms with Gasteiger partial charge >= 0.3 is 5.97 Å². The molecular formula is C30H40N2O5S. The second kappa shape index (κ2) is 10.7. The smallest absolute Gasteiger partial charge is 0.351 e. The normalized spacial score (nSPS) is 20.8. The molecule has 2 heterocycles. The molecule has 4 rings (SSSR count). The van der Waals surface area contributed by atoms with Gasteiger partial charge in [-0.05, 0) is 66.9 Å². The van der Waals surface area contributed by atoms with E-state index in [1.165, 1.54) is 35.3 Å². The number of nitrogens with zero attached hydrogens (tertiary/aromatic N) is 1. The fraction of sp³-hybridized carbons (Fsp3) is 0.567. The van der Waals surface area contributed by atoms with Gasteiger partial charge in [-0.1, -0.05) is 52.0 Å². The zero-order valence-electron chi connectivity index (χ0n) is 23.4. The summed E-state index contributed by atoms with van der Waals surface area (Å²) in [5, 5.41) is 0. The highest BCUT2D eigenvalue weighted by molar-refractivity contribution is 7.18. The summed E-state index contributed by atoms with van der Waals surface area (Å²) < 4.78 is 11.0. The van der Waals surface area contributed by atoms with E-state index in [0.717, 1.165) is 35.3 Å². The number of hydrogen-bond acceptors (Lipinski definition) is 6. The van der Waals surface area contributed by atoms with Gasteiger partial charge in [0.05, 0.1) is 7.11 Å². The molecule has 38 heavy (non-hydrogen) atoms. The predicted octanol–water partition coefficient (Wildman–Crippen LogP) is 5.69. The minimum absolute atomic E-state index is 0.274. The number of carbonyl (C=O) groups excluding carboxylic acids is 3. The van der Waals surface area contributed by atoms with Crippen molar-refractivity contribution in [2.45, 2.75) is 78.7 Å². The highest BCUT2D eigenvalue weighted by Crippen LogP contribution is 2.52. The minimum Gasteiger partial charge on any atom is -0.482 e. The zero-order chi connectivity index (χ0) is 27.8. The Morgan fingerprint density at radius 1 is 1.13 bits per heavy atom. The fourth-order valence-corrected chi connectivity index (χ4v) is 7.93. The molecule has 1 saturated heterocycles. The van der Waals surface area contributed by atoms with Gasteiger partial charge in [0, 0.05) is 17.0 Å². The molecule has 8 heteroatoms. The maximum absolute atomic E-state index is 12.9. The first-order valence-corrected chi connectivity index (χ1v) is 14.2. The van der Waals surface area contributed by atoms with Crippen LogP contribution in [0.25, 0.3) is 10.4 Å². The van der Waals surface area contributed by atoms with Crippen molar-refractivity contribution in [3.05, 3.63) is 40.3 Å². The molecule has 1 atom stereocenters. The summed E-state index contributed by atoms with van der Waals surface area (Å²) >= 11 is 1.32. The standard InChI is InChI=1S/C30H40N2O5S/c1-18-24(37-16-23(33)32-12-8-11-22(32)27(31)34)26(28(35)36-6)38-25(18)20-10-7-9-19(13-20)21-14-29(2,3)17-30(4,5)15-21/h7,9-10,13,21-22H,8,11-12,14-17H2,1-6H3,(H2,31,34). The van der Waals surface area contributed by atoms with Gasteiger partial charge in [0.15, 0.2) is 11.5 Å². The summed E-state index contributed by atoms with van der Waals surface area (Å²) in [6.45, 7) is 11.5. The third kappa shape index (κ3) is 5.90. The largest absolute Gasteiger partial charge is 0.482 e. The van der Waals surface area contributed by atoms with Crippen LogP contribution in [0.4, 0.5) is 0 Å². The lowest BCUT2D eigenvalue weighted by Crippen LogP contribution is -2.45. The summed E-state index contributed by atoms with van der Waals surface area (Å²) in [6, 6.07) is 7.97. The first-order chi connectivity index (χ1) is 17.8. The molecule has 206 valence electrons. The van der Waals surface area contributed by atoms with Crippen LogP contribution in [0.15, 0.2) is 24.3 Å². The first-order valence-electron chi connectivity index (χ1n) is 13.4. The van der Waals surface area contributed by atoms with E-state index in [-0.39, 0.29) is 23.3 Å². The molecule has 2 aliphatic rings. The predicted molar refractivity (Wildman–Crippen MR) is 149 cm³/mol. The molecule has 7 nitrogen and oxygen atoms in total. The van der Waals surface area contributed by atoms with Crippen LogP contribution in [0.3, 0.4) is 0 Å². The minimum atomic E-state index is -0.609. The number of hydrogen-bond donors (Lipinski definition) is 1. The van der Waals surface area contributed by atoms with E-state index in [4.69, 9.17) is 15.2 Å². The number of nitrogens with two attached hydrogens (primary N) is 1. The number of esters is 1. The van der Waals surface area contributed by atoms with Crippen molar-refractivity contribution in [3.8, 4) is 16.2 Å². The second-order valence-electron chi connectivity index (χ2n) is 12.4. The maximum atomic E-state index is 12.9. The monoisotopic (exact) mass is 540 g/mol. The molecule has 1 aliphatic carbocycles. The van der Waals surface area contributed by atoms with Crippen LogP contribution in [0.2, 0.25) is 0 Å². The molecule has 0 bridgehead atoms. The van der Waals surface area contributed by atoms with Crippen molar-refractivity contribution in [2.75, 3.05) is 20.3 Å². The topological polar surface area (TPSA) is 98.9 Å². The molecule has 0 spiro atoms. The maximum Gasteiger partial charge on any atom is 0.351 e. The average Bonchev–Trinajstić information content (AvgIpc) is 3.45. The average molecular weight is 541 g/mol. The summed E-state index contributed by atoms with van der Waals surface area (Å²) in [5.41, 5.74) is 9.13. The van der Waals surface area contributed by atoms with E-state index in [1.54, 1.807) is 0 Å². The van der Waals surface area contributed by atoms with Gasteiger partial charge in [-0.25, -0.2) is 4.79 Å². The van der Waals surface area contributed by atoms with Gasteiger partial charge < -0.3 is 20.1 Å². The van der Waals surface area contributed by atoms with Crippen molar-refractivity contribution in [1.29, 1.82) is 0 Å². The van der Waals surface area contributed by atoms with Crippen molar-refractivity contribution in [3.63, 3.8) is 0 Å². The SMILES string of the molecule is COC(=O)c1sc(-c2cccc(C3CC(C)(C)CC(C)(C)C3)c2)c(C)c1OCC(=O)N1CCCC1C(N)=O. The molecule has 1 aromatic carbocycles. The van der Waals surface area contributed by atoms with E-state index < -0.39 is 17.9 Å². The van der Waals surface area contributed by atoms with Crippen LogP contribution in [0.1, 0.15) is 86.5 Å². The number of benzene rings is 1. The van der Waals surface area contributed by atoms with Gasteiger partial charge in [-0.2, -0.15) is 0 Å². The molecule has 0 radical (unpaired) electrons. The quantitative estimate of drug-likeness (QED) is 0.455. The fourth-order valence-electron chi connectivity index (χ4n) is 6.77. The number of carbonyl (C=O) groups is 3. The number of rotatable bonds is 7. The van der Waals surface area contributed by atoms with Crippen molar-refractivity contribution in [1.82, 2.24) is 4.90 Å².